The predicted molar refractivity (Wildman–Crippen MR) is 41.9 cm³/mol. The van der Waals surface area contributed by atoms with E-state index in [0.29, 0.717) is 5.92 Å². The molecule has 2 heteroatoms. The first-order valence-corrected chi connectivity index (χ1v) is 3.63. The monoisotopic (exact) mass is 321 g/mol. The van der Waals surface area contributed by atoms with Crippen LogP contribution in [0.1, 0.15) is 38.2 Å². The molecule has 1 nitrogen and oxygen atoms in total. The Morgan fingerprint density at radius 1 is 1.36 bits per heavy atom. The molecule has 0 saturated heterocycles. The molecule has 1 aromatic heterocycles. The first-order valence-electron chi connectivity index (χ1n) is 3.63. The van der Waals surface area contributed by atoms with E-state index in [1.807, 2.05) is 25.5 Å². The molecule has 1 heterocycles. The van der Waals surface area contributed by atoms with Crippen LogP contribution in [0.25, 0.3) is 0 Å². The van der Waals surface area contributed by atoms with Gasteiger partial charge >= 0.3 is 0 Å². The summed E-state index contributed by atoms with van der Waals surface area (Å²) in [5.74, 6) is 2.52. The third kappa shape index (κ3) is 2.75. The van der Waals surface area contributed by atoms with E-state index in [1.54, 1.807) is 0 Å². The molecule has 11 heavy (non-hydrogen) atoms. The third-order valence-corrected chi connectivity index (χ3v) is 1.50. The molecule has 1 aromatic rings. The molecule has 0 atom stereocenters. The van der Waals surface area contributed by atoms with Crippen LogP contribution in [0.4, 0.5) is 0 Å². The Bertz CT molecular complexity index is 203. The van der Waals surface area contributed by atoms with Crippen molar-refractivity contribution in [1.29, 1.82) is 0 Å². The van der Waals surface area contributed by atoms with Crippen LogP contribution in [-0.4, -0.2) is 0 Å². The van der Waals surface area contributed by atoms with Crippen molar-refractivity contribution in [1.82, 2.24) is 0 Å². The van der Waals surface area contributed by atoms with Crippen molar-refractivity contribution >= 4 is 0 Å². The Kier molecular flexibility index (Phi) is 4.59. The van der Waals surface area contributed by atoms with Crippen molar-refractivity contribution in [3.8, 4) is 0 Å². The Morgan fingerprint density at radius 3 is 2.27 bits per heavy atom. The van der Waals surface area contributed by atoms with E-state index >= 15 is 0 Å². The molecular formula is C9H13OW-. The minimum Gasteiger partial charge on any atom is -0.501 e. The van der Waals surface area contributed by atoms with Crippen molar-refractivity contribution in [3.63, 3.8) is 0 Å². The standard InChI is InChI=1S/C9H13O.W/c1-4-8-5-6-9(10-8)7(2)3;/h4-7H,1-3H3;/q-1;. The van der Waals surface area contributed by atoms with Gasteiger partial charge in [-0.25, -0.2) is 0 Å². The summed E-state index contributed by atoms with van der Waals surface area (Å²) >= 11 is 0. The third-order valence-electron chi connectivity index (χ3n) is 1.50. The van der Waals surface area contributed by atoms with Crippen LogP contribution in [0.15, 0.2) is 16.5 Å². The maximum Gasteiger partial charge on any atom is 0.0845 e. The quantitative estimate of drug-likeness (QED) is 0.764. The van der Waals surface area contributed by atoms with E-state index in [4.69, 9.17) is 4.42 Å². The van der Waals surface area contributed by atoms with Crippen molar-refractivity contribution in [2.24, 2.45) is 0 Å². The van der Waals surface area contributed by atoms with Crippen LogP contribution in [0.5, 0.6) is 0 Å². The van der Waals surface area contributed by atoms with Gasteiger partial charge in [-0.3, -0.25) is 0 Å². The van der Waals surface area contributed by atoms with Gasteiger partial charge in [0.15, 0.2) is 0 Å². The second-order valence-corrected chi connectivity index (χ2v) is 2.68. The zero-order valence-corrected chi connectivity index (χ0v) is 10.1. The van der Waals surface area contributed by atoms with Crippen molar-refractivity contribution < 1.29 is 25.5 Å². The maximum absolute atomic E-state index is 5.44. The Hall–Kier alpha value is -0.162. The van der Waals surface area contributed by atoms with Gasteiger partial charge in [0.2, 0.25) is 0 Å². The molecule has 0 amide bonds. The molecule has 0 aliphatic carbocycles. The fraction of sp³-hybridized carbons (Fsp3) is 0.444. The first-order chi connectivity index (χ1) is 4.74. The minimum atomic E-state index is 0. The molecule has 0 bridgehead atoms. The van der Waals surface area contributed by atoms with Gasteiger partial charge in [0, 0.05) is 27.0 Å². The van der Waals surface area contributed by atoms with Gasteiger partial charge in [-0.05, 0) is 5.76 Å². The van der Waals surface area contributed by atoms with E-state index in [-0.39, 0.29) is 21.1 Å². The van der Waals surface area contributed by atoms with Gasteiger partial charge < -0.3 is 4.42 Å². The van der Waals surface area contributed by atoms with Gasteiger partial charge in [-0.2, -0.15) is 12.5 Å². The average Bonchev–Trinajstić information content (AvgIpc) is 2.34. The summed E-state index contributed by atoms with van der Waals surface area (Å²) in [6.45, 7) is 6.22. The fourth-order valence-electron chi connectivity index (χ4n) is 0.834. The zero-order chi connectivity index (χ0) is 7.56. The number of rotatable bonds is 2. The summed E-state index contributed by atoms with van der Waals surface area (Å²) < 4.78 is 5.44. The second-order valence-electron chi connectivity index (χ2n) is 2.68. The summed E-state index contributed by atoms with van der Waals surface area (Å²) in [6, 6.07) is 4.02. The summed E-state index contributed by atoms with van der Waals surface area (Å²) in [4.78, 5) is 0. The van der Waals surface area contributed by atoms with Crippen LogP contribution in [0, 0.1) is 6.42 Å². The van der Waals surface area contributed by atoms with E-state index in [1.165, 1.54) is 0 Å². The van der Waals surface area contributed by atoms with Gasteiger partial charge in [0.25, 0.3) is 0 Å². The number of furan rings is 1. The molecule has 0 spiro atoms. The van der Waals surface area contributed by atoms with Crippen LogP contribution in [0.2, 0.25) is 0 Å². The molecule has 0 unspecified atom stereocenters. The van der Waals surface area contributed by atoms with Gasteiger partial charge in [0.1, 0.15) is 0 Å². The fourth-order valence-corrected chi connectivity index (χ4v) is 0.834. The second kappa shape index (κ2) is 4.66. The molecule has 0 N–H and O–H groups in total. The van der Waals surface area contributed by atoms with E-state index < -0.39 is 0 Å². The minimum absolute atomic E-state index is 0. The summed E-state index contributed by atoms with van der Waals surface area (Å²) in [5, 5.41) is 0. The Labute approximate surface area is 82.4 Å². The Morgan fingerprint density at radius 2 is 2.00 bits per heavy atom. The first kappa shape index (κ1) is 10.8. The predicted octanol–water partition coefficient (Wildman–Crippen LogP) is 2.97. The molecule has 0 aliphatic rings. The van der Waals surface area contributed by atoms with E-state index in [9.17, 15) is 0 Å². The topological polar surface area (TPSA) is 13.1 Å². The summed E-state index contributed by atoms with van der Waals surface area (Å²) in [6.07, 6.45) is 1.96. The number of hydrogen-bond acceptors (Lipinski definition) is 1. The van der Waals surface area contributed by atoms with Gasteiger partial charge in [-0.15, -0.1) is 13.0 Å². The van der Waals surface area contributed by atoms with Crippen LogP contribution in [0.3, 0.4) is 0 Å². The van der Waals surface area contributed by atoms with Gasteiger partial charge in [0.05, 0.1) is 5.76 Å². The van der Waals surface area contributed by atoms with Crippen LogP contribution < -0.4 is 0 Å². The zero-order valence-electron chi connectivity index (χ0n) is 7.13. The molecule has 1 rings (SSSR count). The summed E-state index contributed by atoms with van der Waals surface area (Å²) in [5.41, 5.74) is 0. The molecule has 0 aliphatic heterocycles. The molecule has 0 aromatic carbocycles. The molecular weight excluding hydrogens is 308 g/mol. The largest absolute Gasteiger partial charge is 0.501 e. The normalized spacial score (nSPS) is 9.45. The van der Waals surface area contributed by atoms with E-state index in [0.717, 1.165) is 11.5 Å². The molecule has 62 valence electrons. The summed E-state index contributed by atoms with van der Waals surface area (Å²) in [7, 11) is 0. The molecule has 0 saturated carbocycles. The molecule has 0 fully saturated rings. The van der Waals surface area contributed by atoms with Crippen molar-refractivity contribution in [3.05, 3.63) is 30.1 Å². The van der Waals surface area contributed by atoms with Crippen molar-refractivity contribution in [2.45, 2.75) is 26.7 Å². The maximum atomic E-state index is 5.44. The van der Waals surface area contributed by atoms with Gasteiger partial charge in [-0.1, -0.05) is 13.8 Å². The Balaban J connectivity index is 0.000001000. The van der Waals surface area contributed by atoms with Crippen molar-refractivity contribution in [2.75, 3.05) is 0 Å². The van der Waals surface area contributed by atoms with Crippen LogP contribution in [-0.2, 0) is 21.1 Å². The smallest absolute Gasteiger partial charge is 0.0845 e. The average molecular weight is 321 g/mol. The number of hydrogen-bond donors (Lipinski definition) is 0. The van der Waals surface area contributed by atoms with Crippen LogP contribution >= 0.6 is 0 Å². The molecule has 0 radical (unpaired) electrons. The van der Waals surface area contributed by atoms with E-state index in [2.05, 4.69) is 13.8 Å². The SMILES string of the molecule is C[CH-]c1ccc(C(C)C)o1.[W].